The van der Waals surface area contributed by atoms with E-state index < -0.39 is 39.2 Å². The fraction of sp³-hybridized carbons (Fsp3) is 0.878. The van der Waals surface area contributed by atoms with Gasteiger partial charge in [-0.25, -0.2) is 4.57 Å². The van der Waals surface area contributed by atoms with Crippen LogP contribution in [-0.2, 0) is 27.9 Å². The van der Waals surface area contributed by atoms with Gasteiger partial charge in [0.25, 0.3) is 0 Å². The predicted molar refractivity (Wildman–Crippen MR) is 210 cm³/mol. The normalized spacial score (nSPS) is 14.4. The third-order valence-electron chi connectivity index (χ3n) is 8.86. The maximum Gasteiger partial charge on any atom is 0.472 e. The number of aliphatic hydroxyl groups excluding tert-OH is 2. The molecule has 302 valence electrons. The molecule has 0 aliphatic heterocycles. The number of ether oxygens (including phenoxy) is 2. The topological polar surface area (TPSA) is 132 Å². The van der Waals surface area contributed by atoms with Gasteiger partial charge in [-0.2, -0.15) is 0 Å². The molecule has 0 aromatic heterocycles. The molecule has 51 heavy (non-hydrogen) atoms. The molecular formula is C41H79O9P. The molecule has 0 saturated heterocycles. The van der Waals surface area contributed by atoms with E-state index in [2.05, 4.69) is 38.2 Å². The van der Waals surface area contributed by atoms with Gasteiger partial charge in [0.2, 0.25) is 0 Å². The summed E-state index contributed by atoms with van der Waals surface area (Å²) in [6.07, 6.45) is 38.4. The molecule has 3 atom stereocenters. The Labute approximate surface area is 313 Å². The van der Waals surface area contributed by atoms with Crippen LogP contribution < -0.4 is 0 Å². The smallest absolute Gasteiger partial charge is 0.457 e. The highest BCUT2D eigenvalue weighted by molar-refractivity contribution is 7.47. The van der Waals surface area contributed by atoms with Crippen molar-refractivity contribution in [3.05, 3.63) is 24.3 Å². The lowest BCUT2D eigenvalue weighted by Gasteiger charge is -2.20. The van der Waals surface area contributed by atoms with E-state index in [0.717, 1.165) is 64.2 Å². The van der Waals surface area contributed by atoms with Crippen LogP contribution in [0.15, 0.2) is 24.3 Å². The zero-order valence-corrected chi connectivity index (χ0v) is 33.7. The van der Waals surface area contributed by atoms with Crippen LogP contribution in [0.5, 0.6) is 0 Å². The van der Waals surface area contributed by atoms with E-state index in [4.69, 9.17) is 23.6 Å². The number of phosphoric ester groups is 1. The molecule has 0 spiro atoms. The molecular weight excluding hydrogens is 667 g/mol. The van der Waals surface area contributed by atoms with Gasteiger partial charge < -0.3 is 24.6 Å². The lowest BCUT2D eigenvalue weighted by atomic mass is 10.1. The maximum absolute atomic E-state index is 12.6. The summed E-state index contributed by atoms with van der Waals surface area (Å²) in [6, 6.07) is 0. The summed E-state index contributed by atoms with van der Waals surface area (Å²) < 4.78 is 33.3. The second-order valence-electron chi connectivity index (χ2n) is 14.0. The zero-order valence-electron chi connectivity index (χ0n) is 32.8. The third-order valence-corrected chi connectivity index (χ3v) is 9.81. The minimum atomic E-state index is -4.51. The van der Waals surface area contributed by atoms with Gasteiger partial charge in [-0.15, -0.1) is 0 Å². The second kappa shape index (κ2) is 38.7. The first kappa shape index (κ1) is 49.9. The Morgan fingerprint density at radius 2 is 1.00 bits per heavy atom. The Hall–Kier alpha value is -1.06. The Bertz CT molecular complexity index is 851. The Balaban J connectivity index is 4.21. The second-order valence-corrected chi connectivity index (χ2v) is 15.5. The van der Waals surface area contributed by atoms with Gasteiger partial charge in [-0.05, 0) is 64.2 Å². The van der Waals surface area contributed by atoms with Crippen LogP contribution in [0, 0.1) is 0 Å². The number of unbranched alkanes of at least 4 members (excludes halogenated alkanes) is 22. The lowest BCUT2D eigenvalue weighted by molar-refractivity contribution is -0.154. The number of hydrogen-bond donors (Lipinski definition) is 3. The van der Waals surface area contributed by atoms with Gasteiger partial charge in [0, 0.05) is 13.0 Å². The highest BCUT2D eigenvalue weighted by Crippen LogP contribution is 2.43. The summed E-state index contributed by atoms with van der Waals surface area (Å²) in [7, 11) is -4.51. The minimum absolute atomic E-state index is 0.0440. The van der Waals surface area contributed by atoms with E-state index in [1.165, 1.54) is 103 Å². The summed E-state index contributed by atoms with van der Waals surface area (Å²) in [5.74, 6) is -0.393. The summed E-state index contributed by atoms with van der Waals surface area (Å²) in [6.45, 7) is 3.49. The average molecular weight is 747 g/mol. The van der Waals surface area contributed by atoms with E-state index >= 15 is 0 Å². The highest BCUT2D eigenvalue weighted by atomic mass is 31.2. The predicted octanol–water partition coefficient (Wildman–Crippen LogP) is 11.1. The SMILES string of the molecule is CCCCCCC/C=C\CCCCCCCCOCC(COP(=O)(O)OCC(O)CO)OC(=O)CCCCCCC/C=C\CCCCCCCC. The van der Waals surface area contributed by atoms with Crippen LogP contribution in [-0.4, -0.2) is 66.3 Å². The summed E-state index contributed by atoms with van der Waals surface area (Å²) in [4.78, 5) is 22.5. The molecule has 0 rings (SSSR count). The number of aliphatic hydroxyl groups is 2. The molecule has 0 amide bonds. The van der Waals surface area contributed by atoms with Gasteiger partial charge in [-0.3, -0.25) is 13.8 Å². The molecule has 0 aliphatic carbocycles. The Morgan fingerprint density at radius 3 is 1.47 bits per heavy atom. The molecule has 10 heteroatoms. The van der Waals surface area contributed by atoms with Crippen molar-refractivity contribution in [2.45, 2.75) is 199 Å². The standard InChI is InChI=1S/C41H79O9P/c1-3-5-7-9-11-13-15-17-19-21-23-25-27-29-31-33-41(44)50-40(38-49-51(45,46)48-36-39(43)35-42)37-47-34-32-30-28-26-24-22-20-18-16-14-12-10-8-6-4-2/h16-19,39-40,42-43H,3-15,20-38H2,1-2H3,(H,45,46)/b18-16-,19-17-. The van der Waals surface area contributed by atoms with Crippen molar-refractivity contribution in [3.63, 3.8) is 0 Å². The van der Waals surface area contributed by atoms with E-state index in [0.29, 0.717) is 6.61 Å². The van der Waals surface area contributed by atoms with E-state index in [-0.39, 0.29) is 19.6 Å². The molecule has 0 saturated carbocycles. The van der Waals surface area contributed by atoms with E-state index in [1.54, 1.807) is 0 Å². The van der Waals surface area contributed by atoms with Crippen molar-refractivity contribution in [1.29, 1.82) is 0 Å². The number of phosphoric acid groups is 1. The van der Waals surface area contributed by atoms with Crippen LogP contribution in [0.1, 0.15) is 187 Å². The molecule has 0 aliphatic rings. The molecule has 3 N–H and O–H groups in total. The van der Waals surface area contributed by atoms with Crippen LogP contribution >= 0.6 is 7.82 Å². The summed E-state index contributed by atoms with van der Waals surface area (Å²) in [5.41, 5.74) is 0. The Kier molecular flexibility index (Phi) is 37.9. The quantitative estimate of drug-likeness (QED) is 0.0242. The minimum Gasteiger partial charge on any atom is -0.457 e. The van der Waals surface area contributed by atoms with Crippen molar-refractivity contribution in [1.82, 2.24) is 0 Å². The molecule has 0 fully saturated rings. The first-order valence-corrected chi connectivity index (χ1v) is 22.3. The van der Waals surface area contributed by atoms with Gasteiger partial charge in [0.15, 0.2) is 0 Å². The van der Waals surface area contributed by atoms with Crippen molar-refractivity contribution in [3.8, 4) is 0 Å². The molecule has 0 bridgehead atoms. The Morgan fingerprint density at radius 1 is 0.588 bits per heavy atom. The molecule has 0 aromatic carbocycles. The monoisotopic (exact) mass is 747 g/mol. The molecule has 0 radical (unpaired) electrons. The fourth-order valence-electron chi connectivity index (χ4n) is 5.64. The van der Waals surface area contributed by atoms with Crippen LogP contribution in [0.4, 0.5) is 0 Å². The number of hydrogen-bond acceptors (Lipinski definition) is 8. The van der Waals surface area contributed by atoms with Gasteiger partial charge in [0.1, 0.15) is 12.2 Å². The van der Waals surface area contributed by atoms with Gasteiger partial charge in [0.05, 0.1) is 26.4 Å². The number of carbonyl (C=O) groups excluding carboxylic acids is 1. The van der Waals surface area contributed by atoms with Crippen LogP contribution in [0.3, 0.4) is 0 Å². The largest absolute Gasteiger partial charge is 0.472 e. The van der Waals surface area contributed by atoms with E-state index in [1.807, 2.05) is 0 Å². The van der Waals surface area contributed by atoms with Gasteiger partial charge >= 0.3 is 13.8 Å². The first-order chi connectivity index (χ1) is 24.8. The van der Waals surface area contributed by atoms with E-state index in [9.17, 15) is 19.4 Å². The molecule has 3 unspecified atom stereocenters. The lowest BCUT2D eigenvalue weighted by Crippen LogP contribution is -2.29. The van der Waals surface area contributed by atoms with Crippen molar-refractivity contribution in [2.75, 3.05) is 33.0 Å². The molecule has 0 aromatic rings. The summed E-state index contributed by atoms with van der Waals surface area (Å²) in [5, 5.41) is 18.3. The summed E-state index contributed by atoms with van der Waals surface area (Å²) >= 11 is 0. The maximum atomic E-state index is 12.6. The zero-order chi connectivity index (χ0) is 37.5. The number of allylic oxidation sites excluding steroid dienone is 4. The van der Waals surface area contributed by atoms with Crippen LogP contribution in [0.2, 0.25) is 0 Å². The number of carbonyl (C=O) groups is 1. The molecule has 0 heterocycles. The number of esters is 1. The highest BCUT2D eigenvalue weighted by Gasteiger charge is 2.26. The number of rotatable bonds is 40. The first-order valence-electron chi connectivity index (χ1n) is 20.8. The van der Waals surface area contributed by atoms with Crippen molar-refractivity contribution >= 4 is 13.8 Å². The average Bonchev–Trinajstić information content (AvgIpc) is 3.12. The van der Waals surface area contributed by atoms with Crippen molar-refractivity contribution < 1.29 is 43.0 Å². The van der Waals surface area contributed by atoms with Crippen molar-refractivity contribution in [2.24, 2.45) is 0 Å². The van der Waals surface area contributed by atoms with Gasteiger partial charge in [-0.1, -0.05) is 141 Å². The van der Waals surface area contributed by atoms with Crippen LogP contribution in [0.25, 0.3) is 0 Å². The molecule has 9 nitrogen and oxygen atoms in total. The fourth-order valence-corrected chi connectivity index (χ4v) is 6.43. The third kappa shape index (κ3) is 38.5.